The average Bonchev–Trinajstić information content (AvgIpc) is 3.02. The molecule has 1 aliphatic rings. The molecule has 0 saturated carbocycles. The van der Waals surface area contributed by atoms with Gasteiger partial charge in [0.2, 0.25) is 0 Å². The summed E-state index contributed by atoms with van der Waals surface area (Å²) in [6, 6.07) is 22.7. The first-order chi connectivity index (χ1) is 20.3. The Kier molecular flexibility index (Phi) is 9.48. The van der Waals surface area contributed by atoms with Crippen molar-refractivity contribution < 1.29 is 18.0 Å². The maximum atomic E-state index is 13.8. The van der Waals surface area contributed by atoms with E-state index < -0.39 is 10.0 Å². The Bertz CT molecular complexity index is 1620. The molecular formula is C30H29Cl2N5O4S. The van der Waals surface area contributed by atoms with Crippen molar-refractivity contribution in [3.63, 3.8) is 0 Å². The van der Waals surface area contributed by atoms with Gasteiger partial charge in [-0.3, -0.25) is 14.7 Å². The fourth-order valence-electron chi connectivity index (χ4n) is 4.54. The highest BCUT2D eigenvalue weighted by Gasteiger charge is 2.29. The molecule has 0 unspecified atom stereocenters. The van der Waals surface area contributed by atoms with Crippen LogP contribution in [-0.2, 0) is 10.0 Å². The molecule has 0 spiro atoms. The second-order valence-electron chi connectivity index (χ2n) is 9.55. The lowest BCUT2D eigenvalue weighted by atomic mass is 10.2. The number of nitrogens with one attached hydrogen (secondary N) is 1. The van der Waals surface area contributed by atoms with E-state index in [1.165, 1.54) is 30.3 Å². The van der Waals surface area contributed by atoms with Crippen LogP contribution < -0.4 is 19.5 Å². The van der Waals surface area contributed by atoms with Crippen molar-refractivity contribution in [2.75, 3.05) is 48.6 Å². The number of halogens is 2. The van der Waals surface area contributed by atoms with Gasteiger partial charge < -0.3 is 15.1 Å². The van der Waals surface area contributed by atoms with Gasteiger partial charge in [0.1, 0.15) is 0 Å². The number of pyridine rings is 1. The summed E-state index contributed by atoms with van der Waals surface area (Å²) in [7, 11) is -4.28. The van der Waals surface area contributed by atoms with E-state index in [0.29, 0.717) is 18.1 Å². The van der Waals surface area contributed by atoms with E-state index in [-0.39, 0.29) is 32.8 Å². The summed E-state index contributed by atoms with van der Waals surface area (Å²) in [5.74, 6) is -0.264. The van der Waals surface area contributed by atoms with E-state index in [2.05, 4.69) is 20.1 Å². The van der Waals surface area contributed by atoms with Crippen LogP contribution in [0.4, 0.5) is 11.4 Å². The fourth-order valence-corrected chi connectivity index (χ4v) is 6.28. The van der Waals surface area contributed by atoms with E-state index in [1.807, 2.05) is 12.1 Å². The summed E-state index contributed by atoms with van der Waals surface area (Å²) >= 11 is 12.3. The summed E-state index contributed by atoms with van der Waals surface area (Å²) in [5.41, 5.74) is 1.62. The van der Waals surface area contributed by atoms with Crippen LogP contribution in [-0.4, -0.2) is 63.5 Å². The van der Waals surface area contributed by atoms with Gasteiger partial charge in [-0.2, -0.15) is 8.42 Å². The molecule has 0 atom stereocenters. The zero-order chi connectivity index (χ0) is 29.5. The van der Waals surface area contributed by atoms with E-state index >= 15 is 0 Å². The van der Waals surface area contributed by atoms with E-state index in [0.717, 1.165) is 36.3 Å². The molecule has 1 saturated heterocycles. The summed E-state index contributed by atoms with van der Waals surface area (Å²) in [4.78, 5) is 27.4. The van der Waals surface area contributed by atoms with Gasteiger partial charge in [0.05, 0.1) is 15.6 Å². The smallest absolute Gasteiger partial charge is 0.295 e. The number of carbonyl (C=O) groups is 1. The first-order valence-electron chi connectivity index (χ1n) is 13.3. The molecule has 12 heteroatoms. The Hall–Kier alpha value is -3.83. The third-order valence-electron chi connectivity index (χ3n) is 6.77. The number of hydrogen-bond acceptors (Lipinski definition) is 7. The molecule has 5 rings (SSSR count). The fraction of sp³-hybridized carbons (Fsp3) is 0.200. The van der Waals surface area contributed by atoms with E-state index in [1.54, 1.807) is 54.9 Å². The third kappa shape index (κ3) is 7.14. The molecular weight excluding hydrogens is 597 g/mol. The molecule has 1 N–H and O–H groups in total. The quantitative estimate of drug-likeness (QED) is 0.244. The number of para-hydroxylation sites is 1. The molecule has 3 aromatic carbocycles. The van der Waals surface area contributed by atoms with Gasteiger partial charge in [-0.05, 0) is 60.7 Å². The molecule has 4 aromatic rings. The van der Waals surface area contributed by atoms with Crippen molar-refractivity contribution in [2.45, 2.75) is 4.90 Å². The van der Waals surface area contributed by atoms with Crippen LogP contribution in [0, 0.1) is 0 Å². The molecule has 9 nitrogen and oxygen atoms in total. The van der Waals surface area contributed by atoms with Crippen LogP contribution in [0.1, 0.15) is 10.4 Å². The number of benzene rings is 3. The number of carbonyl (C=O) groups excluding carboxylic acids is 1. The van der Waals surface area contributed by atoms with Gasteiger partial charge in [-0.15, -0.1) is 0 Å². The number of aromatic nitrogens is 1. The number of amides is 1. The van der Waals surface area contributed by atoms with Crippen molar-refractivity contribution in [1.82, 2.24) is 15.2 Å². The van der Waals surface area contributed by atoms with Crippen molar-refractivity contribution >= 4 is 50.5 Å². The van der Waals surface area contributed by atoms with Gasteiger partial charge >= 0.3 is 0 Å². The minimum absolute atomic E-state index is 0.101. The topological polar surface area (TPSA) is 95.1 Å². The van der Waals surface area contributed by atoms with Crippen molar-refractivity contribution in [3.05, 3.63) is 113 Å². The lowest BCUT2D eigenvalue weighted by Crippen LogP contribution is -2.48. The first kappa shape index (κ1) is 29.7. The number of nitrogens with zero attached hydrogens (tertiary/aromatic N) is 4. The second kappa shape index (κ2) is 13.4. The van der Waals surface area contributed by atoms with Crippen molar-refractivity contribution in [2.24, 2.45) is 0 Å². The largest absolute Gasteiger partial charge is 0.369 e. The van der Waals surface area contributed by atoms with Crippen LogP contribution in [0.2, 0.25) is 10.0 Å². The molecule has 218 valence electrons. The molecule has 1 aromatic heterocycles. The molecule has 1 aliphatic heterocycles. The highest BCUT2D eigenvalue weighted by Crippen LogP contribution is 2.32. The summed E-state index contributed by atoms with van der Waals surface area (Å²) in [6.07, 6.45) is 3.58. The molecule has 42 heavy (non-hydrogen) atoms. The van der Waals surface area contributed by atoms with Crippen LogP contribution in [0.25, 0.3) is 0 Å². The van der Waals surface area contributed by atoms with Gasteiger partial charge in [-0.25, -0.2) is 0 Å². The van der Waals surface area contributed by atoms with Crippen molar-refractivity contribution in [1.29, 1.82) is 0 Å². The van der Waals surface area contributed by atoms with Crippen LogP contribution in [0.5, 0.6) is 5.75 Å². The monoisotopic (exact) mass is 625 g/mol. The van der Waals surface area contributed by atoms with Gasteiger partial charge in [0.15, 0.2) is 5.75 Å². The third-order valence-corrected chi connectivity index (χ3v) is 8.87. The lowest BCUT2D eigenvalue weighted by molar-refractivity contribution is 0.0947. The summed E-state index contributed by atoms with van der Waals surface area (Å²) in [5, 5.41) is 3.44. The predicted octanol–water partition coefficient (Wildman–Crippen LogP) is 5.13. The standard InChI is InChI=1S/C30H29Cl2N5O4S/c31-24-9-10-29(28(32)22-24)41-37(26-6-2-1-3-7-26)42(39,40)27-8-4-5-23(21-27)30(38)34-15-16-35-17-19-36(20-18-35)25-11-13-33-14-12-25/h1-14,21-22H,15-20H2,(H,34,38). The minimum atomic E-state index is -4.28. The zero-order valence-corrected chi connectivity index (χ0v) is 24.9. The van der Waals surface area contributed by atoms with Gasteiger partial charge in [0, 0.05) is 67.9 Å². The predicted molar refractivity (Wildman–Crippen MR) is 165 cm³/mol. The van der Waals surface area contributed by atoms with Crippen molar-refractivity contribution in [3.8, 4) is 5.75 Å². The lowest BCUT2D eigenvalue weighted by Gasteiger charge is -2.36. The number of anilines is 2. The molecule has 2 heterocycles. The molecule has 1 amide bonds. The van der Waals surface area contributed by atoms with Crippen LogP contribution in [0.3, 0.4) is 0 Å². The minimum Gasteiger partial charge on any atom is -0.369 e. The molecule has 0 radical (unpaired) electrons. The zero-order valence-electron chi connectivity index (χ0n) is 22.6. The summed E-state index contributed by atoms with van der Waals surface area (Å²) in [6.45, 7) is 4.64. The highest BCUT2D eigenvalue weighted by atomic mass is 35.5. The Morgan fingerprint density at radius 2 is 1.64 bits per heavy atom. The van der Waals surface area contributed by atoms with Gasteiger partial charge in [0.25, 0.3) is 15.9 Å². The SMILES string of the molecule is O=C(NCCN1CCN(c2ccncc2)CC1)c1cccc(S(=O)(=O)N(Oc2ccc(Cl)cc2Cl)c2ccccc2)c1. The maximum Gasteiger partial charge on any atom is 0.295 e. The first-order valence-corrected chi connectivity index (χ1v) is 15.5. The summed E-state index contributed by atoms with van der Waals surface area (Å²) < 4.78 is 28.4. The number of piperazine rings is 1. The Morgan fingerprint density at radius 3 is 2.36 bits per heavy atom. The number of hydrogen-bond donors (Lipinski definition) is 1. The van der Waals surface area contributed by atoms with Crippen LogP contribution >= 0.6 is 23.2 Å². The van der Waals surface area contributed by atoms with Crippen LogP contribution in [0.15, 0.2) is 102 Å². The maximum absolute atomic E-state index is 13.8. The van der Waals surface area contributed by atoms with Gasteiger partial charge in [-0.1, -0.05) is 51.9 Å². The molecule has 0 bridgehead atoms. The second-order valence-corrected chi connectivity index (χ2v) is 12.1. The Labute approximate surface area is 255 Å². The molecule has 1 fully saturated rings. The average molecular weight is 627 g/mol. The van der Waals surface area contributed by atoms with E-state index in [4.69, 9.17) is 28.0 Å². The highest BCUT2D eigenvalue weighted by molar-refractivity contribution is 7.92. The Morgan fingerprint density at radius 1 is 0.905 bits per heavy atom. The number of rotatable bonds is 10. The number of sulfonamides is 1. The molecule has 0 aliphatic carbocycles. The van der Waals surface area contributed by atoms with E-state index in [9.17, 15) is 13.2 Å². The Balaban J connectivity index is 1.24. The normalized spacial score (nSPS) is 13.9.